The second-order valence-corrected chi connectivity index (χ2v) is 17.2. The smallest absolute Gasteiger partial charge is 0.330 e. The highest BCUT2D eigenvalue weighted by Gasteiger charge is 2.50. The van der Waals surface area contributed by atoms with Crippen molar-refractivity contribution < 1.29 is 27.9 Å². The zero-order valence-electron chi connectivity index (χ0n) is 27.4. The SMILES string of the molecule is [C-]#[N+]CCOP(O[C@H]1[C@@H](OCC(=O)NCCN(C)C)[C@H](n2cc(C)c(=O)[nH]c2=O)O[C@@H]1CCP(C)(C)=O)N(C(C)C)C(C)C. The molecule has 2 heterocycles. The Balaban J connectivity index is 2.57. The van der Waals surface area contributed by atoms with Gasteiger partial charge in [0.1, 0.15) is 25.4 Å². The summed E-state index contributed by atoms with van der Waals surface area (Å²) in [4.78, 5) is 45.6. The van der Waals surface area contributed by atoms with E-state index in [0.29, 0.717) is 25.7 Å². The third kappa shape index (κ3) is 11.8. The number of likely N-dealkylation sites (N-methyl/N-ethyl adjacent to an activating group) is 1. The van der Waals surface area contributed by atoms with Gasteiger partial charge in [-0.2, -0.15) is 0 Å². The molecule has 2 rings (SSSR count). The quantitative estimate of drug-likeness (QED) is 0.137. The van der Waals surface area contributed by atoms with E-state index in [4.69, 9.17) is 25.1 Å². The molecule has 1 aliphatic rings. The van der Waals surface area contributed by atoms with Crippen molar-refractivity contribution >= 4 is 21.6 Å². The number of nitrogens with zero attached hydrogens (tertiary/aromatic N) is 4. The van der Waals surface area contributed by atoms with E-state index < -0.39 is 51.5 Å². The first-order chi connectivity index (χ1) is 20.5. The van der Waals surface area contributed by atoms with Crippen LogP contribution in [0.1, 0.15) is 45.9 Å². The van der Waals surface area contributed by atoms with Gasteiger partial charge in [0.2, 0.25) is 12.5 Å². The van der Waals surface area contributed by atoms with E-state index in [0.717, 1.165) is 0 Å². The van der Waals surface area contributed by atoms with E-state index in [1.165, 1.54) is 10.8 Å². The van der Waals surface area contributed by atoms with Gasteiger partial charge >= 0.3 is 5.69 Å². The molecule has 0 saturated carbocycles. The van der Waals surface area contributed by atoms with Crippen LogP contribution in [0, 0.1) is 13.5 Å². The Morgan fingerprint density at radius 3 is 2.45 bits per heavy atom. The Bertz CT molecular complexity index is 1270. The van der Waals surface area contributed by atoms with Crippen molar-refractivity contribution in [3.8, 4) is 0 Å². The molecule has 250 valence electrons. The molecule has 1 fully saturated rings. The first-order valence-electron chi connectivity index (χ1n) is 14.8. The maximum absolute atomic E-state index is 13.0. The van der Waals surface area contributed by atoms with Gasteiger partial charge in [-0.15, -0.1) is 0 Å². The van der Waals surface area contributed by atoms with Gasteiger partial charge in [0.05, 0.1) is 13.2 Å². The average molecular weight is 661 g/mol. The molecule has 1 saturated heterocycles. The minimum Gasteiger partial charge on any atom is -0.361 e. The molecule has 1 aromatic heterocycles. The standard InChI is InChI=1S/C28H50N6O8P2/c1-19(2)34(20(3)4)43(40-15-13-29-6)42-24-22(11-16-44(9,10)38)41-27(33-17-21(5)26(36)31-28(33)37)25(24)39-18-23(35)30-12-14-32(7)8/h17,19-20,22,24-25,27H,11-16,18H2,1-5,7-10H3,(H,30,35)(H,31,36,37)/t22-,24-,25-,27-,43?/m1/s1. The highest BCUT2D eigenvalue weighted by molar-refractivity contribution is 7.62. The molecule has 0 radical (unpaired) electrons. The van der Waals surface area contributed by atoms with Gasteiger partial charge in [-0.25, -0.2) is 16.0 Å². The summed E-state index contributed by atoms with van der Waals surface area (Å²) in [5.41, 5.74) is -0.936. The van der Waals surface area contributed by atoms with E-state index in [1.807, 2.05) is 46.7 Å². The number of rotatable bonds is 18. The van der Waals surface area contributed by atoms with Crippen molar-refractivity contribution in [3.05, 3.63) is 44.0 Å². The molecular weight excluding hydrogens is 610 g/mol. The summed E-state index contributed by atoms with van der Waals surface area (Å²) in [6.45, 7) is 21.2. The van der Waals surface area contributed by atoms with Crippen LogP contribution in [0.25, 0.3) is 4.85 Å². The van der Waals surface area contributed by atoms with Crippen LogP contribution in [-0.2, 0) is 27.9 Å². The van der Waals surface area contributed by atoms with Crippen molar-refractivity contribution in [1.29, 1.82) is 0 Å². The predicted molar refractivity (Wildman–Crippen MR) is 172 cm³/mol. The predicted octanol–water partition coefficient (Wildman–Crippen LogP) is 2.49. The maximum Gasteiger partial charge on any atom is 0.330 e. The lowest BCUT2D eigenvalue weighted by atomic mass is 10.1. The zero-order valence-corrected chi connectivity index (χ0v) is 29.2. The first kappa shape index (κ1) is 38.2. The molecule has 1 amide bonds. The van der Waals surface area contributed by atoms with Crippen molar-refractivity contribution in [1.82, 2.24) is 24.4 Å². The Kier molecular flexibility index (Phi) is 15.4. The fourth-order valence-electron chi connectivity index (χ4n) is 4.72. The maximum atomic E-state index is 13.0. The summed E-state index contributed by atoms with van der Waals surface area (Å²) in [6, 6.07) is 0.0341. The summed E-state index contributed by atoms with van der Waals surface area (Å²) in [7, 11) is -0.427. The molecule has 0 aliphatic carbocycles. The van der Waals surface area contributed by atoms with Crippen LogP contribution in [0.4, 0.5) is 0 Å². The Labute approximate surface area is 261 Å². The fourth-order valence-corrected chi connectivity index (χ4v) is 7.35. The number of hydrogen-bond acceptors (Lipinski definition) is 10. The molecule has 1 aliphatic heterocycles. The largest absolute Gasteiger partial charge is 0.361 e. The number of nitrogens with one attached hydrogen (secondary N) is 2. The molecule has 1 unspecified atom stereocenters. The van der Waals surface area contributed by atoms with Crippen molar-refractivity contribution in [2.45, 2.75) is 77.7 Å². The van der Waals surface area contributed by atoms with Crippen molar-refractivity contribution in [2.75, 3.05) is 66.4 Å². The molecule has 0 aromatic carbocycles. The molecule has 2 N–H and O–H groups in total. The van der Waals surface area contributed by atoms with Gasteiger partial charge in [0, 0.05) is 43.1 Å². The summed E-state index contributed by atoms with van der Waals surface area (Å²) in [5.74, 6) is -0.356. The van der Waals surface area contributed by atoms with E-state index in [1.54, 1.807) is 20.3 Å². The summed E-state index contributed by atoms with van der Waals surface area (Å²) < 4.78 is 41.6. The number of ether oxygens (including phenoxy) is 2. The molecule has 16 heteroatoms. The number of hydrogen-bond donors (Lipinski definition) is 2. The van der Waals surface area contributed by atoms with Gasteiger partial charge in [-0.3, -0.25) is 19.1 Å². The lowest BCUT2D eigenvalue weighted by Gasteiger charge is -2.38. The molecule has 0 bridgehead atoms. The number of carbonyl (C=O) groups is 1. The number of amides is 1. The number of aromatic amines is 1. The van der Waals surface area contributed by atoms with E-state index in [2.05, 4.69) is 19.8 Å². The molecule has 14 nitrogen and oxygen atoms in total. The number of aromatic nitrogens is 2. The third-order valence-electron chi connectivity index (χ3n) is 6.81. The molecule has 44 heavy (non-hydrogen) atoms. The van der Waals surface area contributed by atoms with Gasteiger partial charge in [-0.1, -0.05) is 0 Å². The van der Waals surface area contributed by atoms with E-state index in [-0.39, 0.29) is 43.3 Å². The van der Waals surface area contributed by atoms with Gasteiger partial charge in [0.15, 0.2) is 6.23 Å². The van der Waals surface area contributed by atoms with Crippen molar-refractivity contribution in [2.24, 2.45) is 0 Å². The normalized spacial score (nSPS) is 21.4. The molecule has 5 atom stereocenters. The lowest BCUT2D eigenvalue weighted by Crippen LogP contribution is -2.43. The van der Waals surface area contributed by atoms with E-state index >= 15 is 0 Å². The monoisotopic (exact) mass is 660 g/mol. The highest BCUT2D eigenvalue weighted by Crippen LogP contribution is 2.51. The van der Waals surface area contributed by atoms with E-state index in [9.17, 15) is 18.9 Å². The van der Waals surface area contributed by atoms with Crippen LogP contribution in [0.15, 0.2) is 15.8 Å². The van der Waals surface area contributed by atoms with Gasteiger partial charge < -0.3 is 38.1 Å². The van der Waals surface area contributed by atoms with Gasteiger partial charge in [0.25, 0.3) is 14.1 Å². The third-order valence-corrected chi connectivity index (χ3v) is 10.3. The minimum absolute atomic E-state index is 0.0171. The van der Waals surface area contributed by atoms with Crippen LogP contribution in [-0.4, -0.2) is 122 Å². The van der Waals surface area contributed by atoms with Crippen LogP contribution in [0.2, 0.25) is 0 Å². The summed E-state index contributed by atoms with van der Waals surface area (Å²) in [6.07, 6.45) is -1.52. The Hall–Kier alpha value is -1.94. The zero-order chi connectivity index (χ0) is 33.2. The second-order valence-electron chi connectivity index (χ2n) is 12.1. The van der Waals surface area contributed by atoms with Crippen LogP contribution < -0.4 is 16.6 Å². The number of H-pyrrole nitrogens is 1. The van der Waals surface area contributed by atoms with Gasteiger partial charge in [-0.05, 0) is 68.5 Å². The minimum atomic E-state index is -2.47. The Morgan fingerprint density at radius 1 is 1.23 bits per heavy atom. The number of carbonyl (C=O) groups excluding carboxylic acids is 1. The molecular formula is C28H50N6O8P2. The Morgan fingerprint density at radius 2 is 1.89 bits per heavy atom. The second kappa shape index (κ2) is 17.7. The highest BCUT2D eigenvalue weighted by atomic mass is 31.2. The molecule has 0 spiro atoms. The van der Waals surface area contributed by atoms with Crippen LogP contribution >= 0.6 is 15.7 Å². The van der Waals surface area contributed by atoms with Crippen LogP contribution in [0.5, 0.6) is 0 Å². The number of aryl methyl sites for hydroxylation is 1. The topological polar surface area (TPSA) is 149 Å². The van der Waals surface area contributed by atoms with Crippen LogP contribution in [0.3, 0.4) is 0 Å². The average Bonchev–Trinajstić information content (AvgIpc) is 3.24. The fraction of sp³-hybridized carbons (Fsp3) is 0.786. The lowest BCUT2D eigenvalue weighted by molar-refractivity contribution is -0.132. The summed E-state index contributed by atoms with van der Waals surface area (Å²) >= 11 is 0. The summed E-state index contributed by atoms with van der Waals surface area (Å²) in [5, 5.41) is 2.82. The van der Waals surface area contributed by atoms with Crippen molar-refractivity contribution in [3.63, 3.8) is 0 Å². The molecule has 1 aromatic rings. The first-order valence-corrected chi connectivity index (χ1v) is 18.7.